The van der Waals surface area contributed by atoms with Crippen molar-refractivity contribution in [3.63, 3.8) is 0 Å². The molecule has 0 aromatic rings. The molecule has 0 aliphatic rings. The Morgan fingerprint density at radius 2 is 1.73 bits per heavy atom. The fourth-order valence-corrected chi connectivity index (χ4v) is 1.91. The van der Waals surface area contributed by atoms with Gasteiger partial charge in [0.1, 0.15) is 0 Å². The minimum absolute atomic E-state index is 0.169. The van der Waals surface area contributed by atoms with Gasteiger partial charge in [0.05, 0.1) is 5.75 Å². The zero-order chi connectivity index (χ0) is 9.28. The molecule has 0 fully saturated rings. The van der Waals surface area contributed by atoms with Crippen LogP contribution in [0.4, 0.5) is 0 Å². The highest BCUT2D eigenvalue weighted by molar-refractivity contribution is 7.85. The Bertz CT molecular complexity index is 214. The summed E-state index contributed by atoms with van der Waals surface area (Å²) in [6.45, 7) is 7.52. The Kier molecular flexibility index (Phi) is 3.08. The van der Waals surface area contributed by atoms with Gasteiger partial charge in [-0.3, -0.25) is 4.55 Å². The van der Waals surface area contributed by atoms with E-state index in [0.717, 1.165) is 0 Å². The second-order valence-electron chi connectivity index (χ2n) is 3.87. The summed E-state index contributed by atoms with van der Waals surface area (Å²) in [6, 6.07) is 0. The molecule has 0 saturated heterocycles. The van der Waals surface area contributed by atoms with Crippen LogP contribution in [0.3, 0.4) is 0 Å². The van der Waals surface area contributed by atoms with E-state index in [1.807, 2.05) is 27.7 Å². The molecule has 0 rings (SSSR count). The second kappa shape index (κ2) is 3.11. The van der Waals surface area contributed by atoms with Gasteiger partial charge in [-0.25, -0.2) is 0 Å². The van der Waals surface area contributed by atoms with Crippen LogP contribution in [0.15, 0.2) is 0 Å². The van der Waals surface area contributed by atoms with Crippen molar-refractivity contribution < 1.29 is 13.0 Å². The lowest BCUT2D eigenvalue weighted by atomic mass is 9.83. The van der Waals surface area contributed by atoms with Crippen LogP contribution in [0.25, 0.3) is 0 Å². The summed E-state index contributed by atoms with van der Waals surface area (Å²) in [4.78, 5) is 0. The maximum Gasteiger partial charge on any atom is 0.265 e. The van der Waals surface area contributed by atoms with Gasteiger partial charge >= 0.3 is 0 Å². The van der Waals surface area contributed by atoms with E-state index >= 15 is 0 Å². The van der Waals surface area contributed by atoms with E-state index in [1.54, 1.807) is 0 Å². The minimum atomic E-state index is -3.83. The van der Waals surface area contributed by atoms with Crippen LogP contribution in [0.5, 0.6) is 0 Å². The van der Waals surface area contributed by atoms with E-state index in [0.29, 0.717) is 0 Å². The Hall–Kier alpha value is -0.0900. The maximum atomic E-state index is 10.5. The SMILES string of the molecule is CC(C)C(C)(C)CS(=O)(=O)O. The summed E-state index contributed by atoms with van der Waals surface area (Å²) >= 11 is 0. The van der Waals surface area contributed by atoms with Gasteiger partial charge in [-0.15, -0.1) is 0 Å². The van der Waals surface area contributed by atoms with Crippen molar-refractivity contribution in [2.45, 2.75) is 27.7 Å². The average molecular weight is 180 g/mol. The number of hydrogen-bond donors (Lipinski definition) is 1. The third-order valence-electron chi connectivity index (χ3n) is 2.12. The van der Waals surface area contributed by atoms with Crippen molar-refractivity contribution >= 4 is 10.1 Å². The molecule has 0 aliphatic heterocycles. The predicted octanol–water partition coefficient (Wildman–Crippen LogP) is 1.56. The fraction of sp³-hybridized carbons (Fsp3) is 1.00. The minimum Gasteiger partial charge on any atom is -0.286 e. The lowest BCUT2D eigenvalue weighted by molar-refractivity contribution is 0.279. The molecule has 0 saturated carbocycles. The Morgan fingerprint density at radius 1 is 1.36 bits per heavy atom. The van der Waals surface area contributed by atoms with Crippen LogP contribution >= 0.6 is 0 Å². The van der Waals surface area contributed by atoms with Gasteiger partial charge in [-0.1, -0.05) is 27.7 Å². The zero-order valence-corrected chi connectivity index (χ0v) is 8.27. The molecule has 0 amide bonds. The monoisotopic (exact) mass is 180 g/mol. The third kappa shape index (κ3) is 4.37. The molecule has 0 aromatic heterocycles. The van der Waals surface area contributed by atoms with Crippen LogP contribution in [0.1, 0.15) is 27.7 Å². The first-order valence-corrected chi connectivity index (χ1v) is 5.21. The Balaban J connectivity index is 4.38. The van der Waals surface area contributed by atoms with Gasteiger partial charge in [-0.05, 0) is 11.3 Å². The molecule has 68 valence electrons. The zero-order valence-electron chi connectivity index (χ0n) is 7.46. The van der Waals surface area contributed by atoms with Crippen LogP contribution in [0.2, 0.25) is 0 Å². The van der Waals surface area contributed by atoms with Crippen molar-refractivity contribution in [3.05, 3.63) is 0 Å². The molecule has 0 bridgehead atoms. The summed E-state index contributed by atoms with van der Waals surface area (Å²) in [5, 5.41) is 0. The average Bonchev–Trinajstić information content (AvgIpc) is 1.56. The molecule has 0 radical (unpaired) electrons. The van der Waals surface area contributed by atoms with Gasteiger partial charge in [-0.2, -0.15) is 8.42 Å². The van der Waals surface area contributed by atoms with E-state index in [1.165, 1.54) is 0 Å². The fourth-order valence-electron chi connectivity index (χ4n) is 0.637. The van der Waals surface area contributed by atoms with Crippen molar-refractivity contribution in [2.75, 3.05) is 5.75 Å². The lowest BCUT2D eigenvalue weighted by Gasteiger charge is -2.27. The van der Waals surface area contributed by atoms with Crippen LogP contribution < -0.4 is 0 Å². The third-order valence-corrected chi connectivity index (χ3v) is 3.23. The maximum absolute atomic E-state index is 10.5. The van der Waals surface area contributed by atoms with Crippen molar-refractivity contribution in [1.82, 2.24) is 0 Å². The number of hydrogen-bond acceptors (Lipinski definition) is 2. The van der Waals surface area contributed by atoms with E-state index in [2.05, 4.69) is 0 Å². The first-order chi connectivity index (χ1) is 4.65. The summed E-state index contributed by atoms with van der Waals surface area (Å²) in [5.41, 5.74) is -0.354. The van der Waals surface area contributed by atoms with Crippen LogP contribution in [0, 0.1) is 11.3 Å². The molecule has 4 heteroatoms. The summed E-state index contributed by atoms with van der Waals surface area (Å²) in [7, 11) is -3.83. The molecule has 3 nitrogen and oxygen atoms in total. The molecular weight excluding hydrogens is 164 g/mol. The molecule has 0 heterocycles. The van der Waals surface area contributed by atoms with Gasteiger partial charge in [0.25, 0.3) is 10.1 Å². The smallest absolute Gasteiger partial charge is 0.265 e. The molecule has 0 spiro atoms. The molecule has 11 heavy (non-hydrogen) atoms. The molecule has 0 unspecified atom stereocenters. The molecule has 0 aliphatic carbocycles. The molecule has 1 N–H and O–H groups in total. The first-order valence-electron chi connectivity index (χ1n) is 3.60. The van der Waals surface area contributed by atoms with Gasteiger partial charge in [0.2, 0.25) is 0 Å². The standard InChI is InChI=1S/C7H16O3S/c1-6(2)7(3,4)5-11(8,9)10/h6H,5H2,1-4H3,(H,8,9,10). The molecule has 0 atom stereocenters. The normalized spacial score (nSPS) is 14.0. The van der Waals surface area contributed by atoms with Crippen LogP contribution in [-0.4, -0.2) is 18.7 Å². The quantitative estimate of drug-likeness (QED) is 0.670. The summed E-state index contributed by atoms with van der Waals surface area (Å²) in [5.74, 6) is 0.0712. The van der Waals surface area contributed by atoms with Crippen LogP contribution in [-0.2, 0) is 10.1 Å². The van der Waals surface area contributed by atoms with Crippen molar-refractivity contribution in [1.29, 1.82) is 0 Å². The predicted molar refractivity (Wildman–Crippen MR) is 45.0 cm³/mol. The largest absolute Gasteiger partial charge is 0.286 e. The Morgan fingerprint density at radius 3 is 1.82 bits per heavy atom. The molecule has 0 aromatic carbocycles. The Labute approximate surface area is 68.6 Å². The van der Waals surface area contributed by atoms with E-state index in [9.17, 15) is 8.42 Å². The molecular formula is C7H16O3S. The number of rotatable bonds is 3. The van der Waals surface area contributed by atoms with Crippen molar-refractivity contribution in [2.24, 2.45) is 11.3 Å². The van der Waals surface area contributed by atoms with Gasteiger partial charge < -0.3 is 0 Å². The summed E-state index contributed by atoms with van der Waals surface area (Å²) < 4.78 is 29.6. The first kappa shape index (κ1) is 10.9. The second-order valence-corrected chi connectivity index (χ2v) is 5.32. The topological polar surface area (TPSA) is 54.4 Å². The van der Waals surface area contributed by atoms with E-state index in [4.69, 9.17) is 4.55 Å². The highest BCUT2D eigenvalue weighted by Gasteiger charge is 2.27. The van der Waals surface area contributed by atoms with Crippen molar-refractivity contribution in [3.8, 4) is 0 Å². The van der Waals surface area contributed by atoms with E-state index in [-0.39, 0.29) is 17.1 Å². The lowest BCUT2D eigenvalue weighted by Crippen LogP contribution is -2.28. The van der Waals surface area contributed by atoms with Gasteiger partial charge in [0.15, 0.2) is 0 Å². The van der Waals surface area contributed by atoms with E-state index < -0.39 is 10.1 Å². The highest BCUT2D eigenvalue weighted by atomic mass is 32.2. The van der Waals surface area contributed by atoms with Gasteiger partial charge in [0, 0.05) is 0 Å². The summed E-state index contributed by atoms with van der Waals surface area (Å²) in [6.07, 6.45) is 0. The highest BCUT2D eigenvalue weighted by Crippen LogP contribution is 2.27.